The smallest absolute Gasteiger partial charge is 0.406 e. The third-order valence-electron chi connectivity index (χ3n) is 4.21. The van der Waals surface area contributed by atoms with E-state index in [0.29, 0.717) is 17.6 Å². The van der Waals surface area contributed by atoms with Gasteiger partial charge < -0.3 is 10.1 Å². The predicted octanol–water partition coefficient (Wildman–Crippen LogP) is 4.38. The van der Waals surface area contributed by atoms with Gasteiger partial charge in [0.25, 0.3) is 5.91 Å². The van der Waals surface area contributed by atoms with Crippen molar-refractivity contribution in [3.63, 3.8) is 0 Å². The van der Waals surface area contributed by atoms with Gasteiger partial charge in [0, 0.05) is 29.3 Å². The number of carbonyl (C=O) groups excluding carboxylic acids is 1. The molecule has 0 saturated carbocycles. The fraction of sp³-hybridized carbons (Fsp3) is 0.278. The molecule has 2 aromatic carbocycles. The molecule has 1 aliphatic heterocycles. The van der Waals surface area contributed by atoms with E-state index in [1.54, 1.807) is 0 Å². The zero-order valence-electron chi connectivity index (χ0n) is 14.9. The van der Waals surface area contributed by atoms with Gasteiger partial charge in [0.15, 0.2) is 0 Å². The van der Waals surface area contributed by atoms with Gasteiger partial charge in [-0.3, -0.25) is 4.79 Å². The number of hydrogen-bond acceptors (Lipinski definition) is 4. The van der Waals surface area contributed by atoms with E-state index in [2.05, 4.69) is 26.0 Å². The number of benzene rings is 2. The van der Waals surface area contributed by atoms with Gasteiger partial charge in [0.2, 0.25) is 10.0 Å². The Morgan fingerprint density at radius 1 is 1.10 bits per heavy atom. The van der Waals surface area contributed by atoms with Crippen molar-refractivity contribution in [1.29, 1.82) is 0 Å². The van der Waals surface area contributed by atoms with Crippen molar-refractivity contribution in [2.45, 2.75) is 24.1 Å². The third kappa shape index (κ3) is 5.28. The molecule has 6 nitrogen and oxygen atoms in total. The van der Waals surface area contributed by atoms with E-state index >= 15 is 0 Å². The number of nitrogens with one attached hydrogen (secondary N) is 1. The Kier molecular flexibility index (Phi) is 6.20. The van der Waals surface area contributed by atoms with Gasteiger partial charge in [0.1, 0.15) is 5.75 Å². The second kappa shape index (κ2) is 8.33. The Hall–Kier alpha value is -2.11. The topological polar surface area (TPSA) is 75.7 Å². The Labute approximate surface area is 173 Å². The molecule has 2 aromatic rings. The van der Waals surface area contributed by atoms with E-state index in [1.807, 2.05) is 0 Å². The maximum Gasteiger partial charge on any atom is 0.573 e. The van der Waals surface area contributed by atoms with Gasteiger partial charge in [-0.1, -0.05) is 6.07 Å². The van der Waals surface area contributed by atoms with Crippen LogP contribution >= 0.6 is 15.9 Å². The minimum absolute atomic E-state index is 0.0260. The van der Waals surface area contributed by atoms with Crippen LogP contribution < -0.4 is 10.1 Å². The van der Waals surface area contributed by atoms with Crippen LogP contribution in [0.15, 0.2) is 51.8 Å². The van der Waals surface area contributed by atoms with Crippen molar-refractivity contribution < 1.29 is 31.1 Å². The lowest BCUT2D eigenvalue weighted by molar-refractivity contribution is -0.274. The van der Waals surface area contributed by atoms with Crippen LogP contribution in [-0.2, 0) is 10.0 Å². The molecule has 0 aromatic heterocycles. The molecule has 156 valence electrons. The molecule has 0 spiro atoms. The van der Waals surface area contributed by atoms with Gasteiger partial charge in [-0.05, 0) is 59.1 Å². The van der Waals surface area contributed by atoms with Crippen molar-refractivity contribution in [2.75, 3.05) is 18.4 Å². The van der Waals surface area contributed by atoms with E-state index in [4.69, 9.17) is 0 Å². The highest BCUT2D eigenvalue weighted by Gasteiger charge is 2.31. The molecule has 0 atom stereocenters. The first-order chi connectivity index (χ1) is 13.6. The fourth-order valence-corrected chi connectivity index (χ4v) is 4.86. The summed E-state index contributed by atoms with van der Waals surface area (Å²) in [5, 5.41) is 2.45. The summed E-state index contributed by atoms with van der Waals surface area (Å²) in [6.07, 6.45) is -3.30. The van der Waals surface area contributed by atoms with Crippen molar-refractivity contribution in [2.24, 2.45) is 0 Å². The number of hydrogen-bond donors (Lipinski definition) is 1. The normalized spacial score (nSPS) is 15.3. The second-order valence-corrected chi connectivity index (χ2v) is 9.07. The lowest BCUT2D eigenvalue weighted by Crippen LogP contribution is -2.28. The van der Waals surface area contributed by atoms with Crippen LogP contribution in [0, 0.1) is 0 Å². The van der Waals surface area contributed by atoms with Crippen molar-refractivity contribution in [1.82, 2.24) is 4.31 Å². The van der Waals surface area contributed by atoms with Gasteiger partial charge in [0.05, 0.1) is 10.5 Å². The number of sulfonamides is 1. The highest BCUT2D eigenvalue weighted by Crippen LogP contribution is 2.28. The van der Waals surface area contributed by atoms with Crippen LogP contribution in [0.3, 0.4) is 0 Å². The first-order valence-corrected chi connectivity index (χ1v) is 10.8. The summed E-state index contributed by atoms with van der Waals surface area (Å²) < 4.78 is 68.0. The van der Waals surface area contributed by atoms with E-state index in [0.717, 1.165) is 25.0 Å². The Morgan fingerprint density at radius 2 is 1.79 bits per heavy atom. The zero-order valence-corrected chi connectivity index (χ0v) is 17.3. The molecule has 29 heavy (non-hydrogen) atoms. The number of rotatable bonds is 5. The monoisotopic (exact) mass is 492 g/mol. The van der Waals surface area contributed by atoms with Gasteiger partial charge in [-0.15, -0.1) is 13.2 Å². The summed E-state index contributed by atoms with van der Waals surface area (Å²) in [5.74, 6) is -1.17. The molecule has 1 N–H and O–H groups in total. The van der Waals surface area contributed by atoms with Crippen molar-refractivity contribution in [3.8, 4) is 5.75 Å². The number of carbonyl (C=O) groups is 1. The van der Waals surface area contributed by atoms with Crippen LogP contribution in [0.2, 0.25) is 0 Å². The lowest BCUT2D eigenvalue weighted by atomic mass is 10.2. The highest BCUT2D eigenvalue weighted by atomic mass is 79.9. The molecular formula is C18H16BrF3N2O4S. The summed E-state index contributed by atoms with van der Waals surface area (Å²) in [5.41, 5.74) is 0.101. The Morgan fingerprint density at radius 3 is 2.45 bits per heavy atom. The standard InChI is InChI=1S/C18H16BrF3N2O4S/c19-16-7-6-14(29(26,27)24-8-1-2-9-24)11-15(16)17(25)23-12-4-3-5-13(10-12)28-18(20,21)22/h3-7,10-11H,1-2,8-9H2,(H,23,25). The molecule has 1 aliphatic rings. The zero-order chi connectivity index (χ0) is 21.2. The largest absolute Gasteiger partial charge is 0.573 e. The fourth-order valence-electron chi connectivity index (χ4n) is 2.89. The lowest BCUT2D eigenvalue weighted by Gasteiger charge is -2.16. The maximum absolute atomic E-state index is 12.7. The average molecular weight is 493 g/mol. The molecule has 0 unspecified atom stereocenters. The summed E-state index contributed by atoms with van der Waals surface area (Å²) in [6, 6.07) is 8.88. The minimum atomic E-state index is -4.86. The van der Waals surface area contributed by atoms with E-state index in [-0.39, 0.29) is 16.1 Å². The molecular weight excluding hydrogens is 477 g/mol. The summed E-state index contributed by atoms with van der Waals surface area (Å²) >= 11 is 3.21. The van der Waals surface area contributed by atoms with Gasteiger partial charge in [-0.2, -0.15) is 4.31 Å². The van der Waals surface area contributed by atoms with Crippen molar-refractivity contribution >= 4 is 37.5 Å². The molecule has 1 amide bonds. The first kappa shape index (κ1) is 21.6. The van der Waals surface area contributed by atoms with E-state index < -0.39 is 28.0 Å². The molecule has 1 heterocycles. The first-order valence-electron chi connectivity index (χ1n) is 8.53. The number of anilines is 1. The number of halogens is 4. The maximum atomic E-state index is 12.7. The molecule has 3 rings (SSSR count). The van der Waals surface area contributed by atoms with Crippen LogP contribution in [0.5, 0.6) is 5.75 Å². The van der Waals surface area contributed by atoms with Crippen LogP contribution in [0.4, 0.5) is 18.9 Å². The summed E-state index contributed by atoms with van der Waals surface area (Å²) in [4.78, 5) is 12.6. The molecule has 11 heteroatoms. The average Bonchev–Trinajstić information content (AvgIpc) is 3.16. The number of nitrogens with zero attached hydrogens (tertiary/aromatic N) is 1. The van der Waals surface area contributed by atoms with Gasteiger partial charge in [-0.25, -0.2) is 8.42 Å². The summed E-state index contributed by atoms with van der Waals surface area (Å²) in [7, 11) is -3.72. The quantitative estimate of drug-likeness (QED) is 0.671. The number of alkyl halides is 3. The molecule has 1 saturated heterocycles. The van der Waals surface area contributed by atoms with Gasteiger partial charge >= 0.3 is 6.36 Å². The molecule has 0 bridgehead atoms. The SMILES string of the molecule is O=C(Nc1cccc(OC(F)(F)F)c1)c1cc(S(=O)(=O)N2CCCC2)ccc1Br. The molecule has 0 radical (unpaired) electrons. The van der Waals surface area contributed by atoms with E-state index in [9.17, 15) is 26.4 Å². The molecule has 1 fully saturated rings. The Bertz CT molecular complexity index is 1020. The summed E-state index contributed by atoms with van der Waals surface area (Å²) in [6.45, 7) is 0.845. The number of amides is 1. The van der Waals surface area contributed by atoms with Crippen LogP contribution in [0.1, 0.15) is 23.2 Å². The van der Waals surface area contributed by atoms with Crippen molar-refractivity contribution in [3.05, 3.63) is 52.5 Å². The highest BCUT2D eigenvalue weighted by molar-refractivity contribution is 9.10. The number of ether oxygens (including phenoxy) is 1. The second-order valence-electron chi connectivity index (χ2n) is 6.28. The minimum Gasteiger partial charge on any atom is -0.406 e. The van der Waals surface area contributed by atoms with Crippen LogP contribution in [-0.4, -0.2) is 38.1 Å². The predicted molar refractivity (Wildman–Crippen MR) is 103 cm³/mol. The Balaban J connectivity index is 1.84. The third-order valence-corrected chi connectivity index (χ3v) is 6.80. The molecule has 0 aliphatic carbocycles. The van der Waals surface area contributed by atoms with Crippen LogP contribution in [0.25, 0.3) is 0 Å². The van der Waals surface area contributed by atoms with E-state index in [1.165, 1.54) is 34.6 Å².